The molecule has 0 aliphatic heterocycles. The Morgan fingerprint density at radius 3 is 2.04 bits per heavy atom. The summed E-state index contributed by atoms with van der Waals surface area (Å²) in [6.45, 7) is 8.11. The van der Waals surface area contributed by atoms with E-state index in [0.29, 0.717) is 6.07 Å². The van der Waals surface area contributed by atoms with Gasteiger partial charge in [0.25, 0.3) is 0 Å². The molecule has 0 radical (unpaired) electrons. The normalized spacial score (nSPS) is 13.2. The Bertz CT molecular complexity index is 805. The van der Waals surface area contributed by atoms with Gasteiger partial charge in [0, 0.05) is 23.1 Å². The molecule has 0 spiro atoms. The number of nitrogens with zero attached hydrogens (tertiary/aromatic N) is 2. The summed E-state index contributed by atoms with van der Waals surface area (Å²) in [7, 11) is 0. The lowest BCUT2D eigenvalue weighted by atomic mass is 9.78. The van der Waals surface area contributed by atoms with Gasteiger partial charge in [-0.15, -0.1) is 0 Å². The molecule has 0 fully saturated rings. The lowest BCUT2D eigenvalue weighted by Gasteiger charge is -2.29. The minimum atomic E-state index is -4.60. The second kappa shape index (κ2) is 6.59. The van der Waals surface area contributed by atoms with Gasteiger partial charge in [-0.3, -0.25) is 9.97 Å². The van der Waals surface area contributed by atoms with Crippen molar-refractivity contribution in [3.63, 3.8) is 0 Å². The smallest absolute Gasteiger partial charge is 0.260 e. The van der Waals surface area contributed by atoms with E-state index in [1.807, 2.05) is 0 Å². The molecule has 0 saturated carbocycles. The van der Waals surface area contributed by atoms with Crippen LogP contribution in [-0.2, 0) is 23.4 Å². The minimum Gasteiger partial charge on any atom is -0.260 e. The predicted octanol–water partition coefficient (Wildman–Crippen LogP) is 5.59. The van der Waals surface area contributed by atoms with Crippen LogP contribution in [0.1, 0.15) is 57.1 Å². The SMILES string of the molecule is CC(C)(C)c1nccc(CC(C)(C)c2ncc(F)cc2F)c1C(F)(F)F. The van der Waals surface area contributed by atoms with Gasteiger partial charge in [0.1, 0.15) is 11.6 Å². The third kappa shape index (κ3) is 4.19. The molecule has 2 nitrogen and oxygen atoms in total. The lowest BCUT2D eigenvalue weighted by Crippen LogP contribution is -2.28. The Balaban J connectivity index is 2.58. The summed E-state index contributed by atoms with van der Waals surface area (Å²) >= 11 is 0. The highest BCUT2D eigenvalue weighted by Crippen LogP contribution is 2.41. The third-order valence-corrected chi connectivity index (χ3v) is 4.11. The van der Waals surface area contributed by atoms with Crippen LogP contribution in [0.3, 0.4) is 0 Å². The summed E-state index contributed by atoms with van der Waals surface area (Å²) in [6, 6.07) is 1.98. The molecule has 2 heterocycles. The van der Waals surface area contributed by atoms with Crippen LogP contribution in [0.15, 0.2) is 24.5 Å². The van der Waals surface area contributed by atoms with Crippen molar-refractivity contribution in [2.45, 2.75) is 58.0 Å². The number of alkyl halides is 3. The maximum absolute atomic E-state index is 14.1. The lowest BCUT2D eigenvalue weighted by molar-refractivity contribution is -0.139. The molecule has 0 N–H and O–H groups in total. The van der Waals surface area contributed by atoms with E-state index in [2.05, 4.69) is 9.97 Å². The maximum Gasteiger partial charge on any atom is 0.418 e. The summed E-state index contributed by atoms with van der Waals surface area (Å²) in [5.41, 5.74) is -2.83. The molecule has 0 aromatic carbocycles. The summed E-state index contributed by atoms with van der Waals surface area (Å²) in [5, 5.41) is 0. The van der Waals surface area contributed by atoms with Crippen molar-refractivity contribution in [2.24, 2.45) is 0 Å². The standard InChI is InChI=1S/C19H21F5N2/c1-17(2,3)16-14(19(22,23)24)11(6-7-25-16)9-18(4,5)15-13(21)8-12(20)10-26-15/h6-8,10H,9H2,1-5H3. The summed E-state index contributed by atoms with van der Waals surface area (Å²) in [6.07, 6.45) is -2.53. The van der Waals surface area contributed by atoms with Gasteiger partial charge in [0.15, 0.2) is 0 Å². The predicted molar refractivity (Wildman–Crippen MR) is 88.8 cm³/mol. The molecule has 0 bridgehead atoms. The molecule has 0 unspecified atom stereocenters. The van der Waals surface area contributed by atoms with Crippen LogP contribution in [-0.4, -0.2) is 9.97 Å². The van der Waals surface area contributed by atoms with E-state index < -0.39 is 34.2 Å². The van der Waals surface area contributed by atoms with E-state index in [9.17, 15) is 22.0 Å². The Labute approximate surface area is 149 Å². The van der Waals surface area contributed by atoms with Crippen LogP contribution in [0.25, 0.3) is 0 Å². The Morgan fingerprint density at radius 2 is 1.54 bits per heavy atom. The average Bonchev–Trinajstić information content (AvgIpc) is 2.43. The van der Waals surface area contributed by atoms with Crippen molar-refractivity contribution in [1.82, 2.24) is 9.97 Å². The zero-order valence-corrected chi connectivity index (χ0v) is 15.3. The van der Waals surface area contributed by atoms with Crippen molar-refractivity contribution in [1.29, 1.82) is 0 Å². The van der Waals surface area contributed by atoms with Gasteiger partial charge in [-0.2, -0.15) is 13.2 Å². The van der Waals surface area contributed by atoms with E-state index in [4.69, 9.17) is 0 Å². The van der Waals surface area contributed by atoms with Crippen molar-refractivity contribution in [3.8, 4) is 0 Å². The number of rotatable bonds is 3. The molecule has 26 heavy (non-hydrogen) atoms. The van der Waals surface area contributed by atoms with E-state index in [1.165, 1.54) is 12.3 Å². The summed E-state index contributed by atoms with van der Waals surface area (Å²) in [5.74, 6) is -1.72. The van der Waals surface area contributed by atoms with E-state index in [-0.39, 0.29) is 23.4 Å². The first-order valence-electron chi connectivity index (χ1n) is 8.10. The fraction of sp³-hybridized carbons (Fsp3) is 0.474. The second-order valence-corrected chi connectivity index (χ2v) is 7.99. The molecule has 2 rings (SSSR count). The molecule has 0 amide bonds. The zero-order chi connectivity index (χ0) is 19.9. The van der Waals surface area contributed by atoms with Gasteiger partial charge < -0.3 is 0 Å². The molecule has 7 heteroatoms. The van der Waals surface area contributed by atoms with Crippen molar-refractivity contribution in [2.75, 3.05) is 0 Å². The second-order valence-electron chi connectivity index (χ2n) is 7.99. The highest BCUT2D eigenvalue weighted by Gasteiger charge is 2.41. The highest BCUT2D eigenvalue weighted by atomic mass is 19.4. The first-order chi connectivity index (χ1) is 11.7. The van der Waals surface area contributed by atoms with Crippen LogP contribution in [0, 0.1) is 11.6 Å². The molecule has 0 saturated heterocycles. The fourth-order valence-electron chi connectivity index (χ4n) is 3.01. The van der Waals surface area contributed by atoms with Crippen LogP contribution in [0.5, 0.6) is 0 Å². The number of hydrogen-bond donors (Lipinski definition) is 0. The minimum absolute atomic E-state index is 0.00736. The van der Waals surface area contributed by atoms with E-state index >= 15 is 0 Å². The summed E-state index contributed by atoms with van der Waals surface area (Å²) < 4.78 is 68.5. The van der Waals surface area contributed by atoms with Crippen LogP contribution >= 0.6 is 0 Å². The first kappa shape index (κ1) is 20.3. The van der Waals surface area contributed by atoms with E-state index in [0.717, 1.165) is 6.20 Å². The molecular weight excluding hydrogens is 351 g/mol. The molecule has 0 atom stereocenters. The van der Waals surface area contributed by atoms with Gasteiger partial charge >= 0.3 is 6.18 Å². The molecule has 2 aromatic heterocycles. The van der Waals surface area contributed by atoms with Crippen LogP contribution in [0.2, 0.25) is 0 Å². The number of halogens is 5. The fourth-order valence-corrected chi connectivity index (χ4v) is 3.01. The average molecular weight is 372 g/mol. The third-order valence-electron chi connectivity index (χ3n) is 4.11. The Morgan fingerprint density at radius 1 is 0.923 bits per heavy atom. The van der Waals surface area contributed by atoms with Gasteiger partial charge in [0.2, 0.25) is 0 Å². The van der Waals surface area contributed by atoms with Gasteiger partial charge in [-0.1, -0.05) is 34.6 Å². The van der Waals surface area contributed by atoms with Gasteiger partial charge in [-0.05, 0) is 18.1 Å². The highest BCUT2D eigenvalue weighted by molar-refractivity contribution is 5.38. The quantitative estimate of drug-likeness (QED) is 0.656. The van der Waals surface area contributed by atoms with Crippen molar-refractivity contribution >= 4 is 0 Å². The Hall–Kier alpha value is -2.05. The zero-order valence-electron chi connectivity index (χ0n) is 15.3. The van der Waals surface area contributed by atoms with Crippen molar-refractivity contribution < 1.29 is 22.0 Å². The van der Waals surface area contributed by atoms with Crippen LogP contribution in [0.4, 0.5) is 22.0 Å². The number of pyridine rings is 2. The monoisotopic (exact) mass is 372 g/mol. The molecular formula is C19H21F5N2. The maximum atomic E-state index is 14.1. The summed E-state index contributed by atoms with van der Waals surface area (Å²) in [4.78, 5) is 7.71. The number of aromatic nitrogens is 2. The molecule has 142 valence electrons. The number of hydrogen-bond acceptors (Lipinski definition) is 2. The topological polar surface area (TPSA) is 25.8 Å². The van der Waals surface area contributed by atoms with Crippen molar-refractivity contribution in [3.05, 3.63) is 58.7 Å². The largest absolute Gasteiger partial charge is 0.418 e. The first-order valence-corrected chi connectivity index (χ1v) is 8.10. The Kier molecular flexibility index (Phi) is 5.14. The molecule has 0 aliphatic rings. The van der Waals surface area contributed by atoms with E-state index in [1.54, 1.807) is 34.6 Å². The molecule has 2 aromatic rings. The van der Waals surface area contributed by atoms with Gasteiger partial charge in [0.05, 0.1) is 23.1 Å². The van der Waals surface area contributed by atoms with Gasteiger partial charge in [-0.25, -0.2) is 8.78 Å². The van der Waals surface area contributed by atoms with Crippen LogP contribution < -0.4 is 0 Å². The molecule has 0 aliphatic carbocycles.